The number of nitriles is 1. The van der Waals surface area contributed by atoms with Gasteiger partial charge < -0.3 is 5.73 Å². The molecule has 1 unspecified atom stereocenters. The third-order valence-electron chi connectivity index (χ3n) is 0.670. The van der Waals surface area contributed by atoms with Gasteiger partial charge in [0, 0.05) is 0 Å². The minimum absolute atomic E-state index is 0.486. The molecule has 0 rings (SSSR count). The lowest BCUT2D eigenvalue weighted by molar-refractivity contribution is 0.968. The fourth-order valence-corrected chi connectivity index (χ4v) is 0.110. The topological polar surface area (TPSA) is 49.8 Å². The molecule has 0 aliphatic rings. The molecule has 0 aromatic carbocycles. The smallest absolute Gasteiger partial charge is 0.114 e. The maximum absolute atomic E-state index is 8.07. The van der Waals surface area contributed by atoms with Crippen LogP contribution >= 0.6 is 0 Å². The second-order valence-electron chi connectivity index (χ2n) is 1.45. The average molecular weight is 96.1 g/mol. The first-order valence-corrected chi connectivity index (χ1v) is 1.99. The van der Waals surface area contributed by atoms with E-state index in [4.69, 9.17) is 11.0 Å². The van der Waals surface area contributed by atoms with Crippen LogP contribution in [0, 0.1) is 11.3 Å². The summed E-state index contributed by atoms with van der Waals surface area (Å²) in [5, 5.41) is 8.07. The van der Waals surface area contributed by atoms with Gasteiger partial charge >= 0.3 is 0 Å². The first-order chi connectivity index (χ1) is 3.18. The van der Waals surface area contributed by atoms with E-state index in [2.05, 4.69) is 6.58 Å². The molecule has 0 fully saturated rings. The summed E-state index contributed by atoms with van der Waals surface area (Å²) >= 11 is 0. The van der Waals surface area contributed by atoms with Gasteiger partial charge in [-0.1, -0.05) is 6.58 Å². The van der Waals surface area contributed by atoms with Crippen LogP contribution in [-0.2, 0) is 0 Å². The van der Waals surface area contributed by atoms with Crippen molar-refractivity contribution in [2.75, 3.05) is 0 Å². The van der Waals surface area contributed by atoms with E-state index in [0.717, 1.165) is 0 Å². The molecule has 38 valence electrons. The maximum Gasteiger partial charge on any atom is 0.114 e. The zero-order chi connectivity index (χ0) is 5.86. The fourth-order valence-electron chi connectivity index (χ4n) is 0.110. The minimum Gasteiger partial charge on any atom is -0.312 e. The molecule has 0 aliphatic carbocycles. The van der Waals surface area contributed by atoms with Gasteiger partial charge in [0.05, 0.1) is 6.07 Å². The monoisotopic (exact) mass is 96.1 g/mol. The van der Waals surface area contributed by atoms with Crippen molar-refractivity contribution in [3.05, 3.63) is 12.2 Å². The van der Waals surface area contributed by atoms with Crippen molar-refractivity contribution in [3.63, 3.8) is 0 Å². The summed E-state index contributed by atoms with van der Waals surface area (Å²) in [6.07, 6.45) is 0. The van der Waals surface area contributed by atoms with Gasteiger partial charge in [0.2, 0.25) is 0 Å². The lowest BCUT2D eigenvalue weighted by Gasteiger charge is -1.95. The Bertz CT molecular complexity index is 110. The van der Waals surface area contributed by atoms with Gasteiger partial charge in [-0.25, -0.2) is 0 Å². The van der Waals surface area contributed by atoms with Crippen LogP contribution in [-0.4, -0.2) is 6.04 Å². The molecule has 0 radical (unpaired) electrons. The summed E-state index contributed by atoms with van der Waals surface area (Å²) in [7, 11) is 0. The van der Waals surface area contributed by atoms with E-state index in [-0.39, 0.29) is 0 Å². The van der Waals surface area contributed by atoms with E-state index >= 15 is 0 Å². The maximum atomic E-state index is 8.07. The second kappa shape index (κ2) is 2.38. The summed E-state index contributed by atoms with van der Waals surface area (Å²) in [5.74, 6) is 0. The third kappa shape index (κ3) is 1.96. The molecule has 0 bridgehead atoms. The Balaban J connectivity index is 3.63. The number of nitrogens with two attached hydrogens (primary N) is 1. The quantitative estimate of drug-likeness (QED) is 0.481. The van der Waals surface area contributed by atoms with E-state index < -0.39 is 6.04 Å². The van der Waals surface area contributed by atoms with Crippen LogP contribution in [0.25, 0.3) is 0 Å². The van der Waals surface area contributed by atoms with Crippen molar-refractivity contribution in [3.8, 4) is 6.07 Å². The SMILES string of the molecule is C=C(C)C(N)C#N. The summed E-state index contributed by atoms with van der Waals surface area (Å²) in [6.45, 7) is 5.21. The lowest BCUT2D eigenvalue weighted by Crippen LogP contribution is -2.17. The molecule has 0 saturated heterocycles. The van der Waals surface area contributed by atoms with E-state index in [1.54, 1.807) is 6.92 Å². The zero-order valence-electron chi connectivity index (χ0n) is 4.31. The molecule has 2 N–H and O–H groups in total. The number of rotatable bonds is 1. The van der Waals surface area contributed by atoms with Crippen molar-refractivity contribution in [2.24, 2.45) is 5.73 Å². The second-order valence-corrected chi connectivity index (χ2v) is 1.45. The van der Waals surface area contributed by atoms with Crippen molar-refractivity contribution < 1.29 is 0 Å². The standard InChI is InChI=1S/C5H8N2/c1-4(2)5(7)3-6/h5H,1,7H2,2H3. The van der Waals surface area contributed by atoms with Crippen LogP contribution in [0.2, 0.25) is 0 Å². The van der Waals surface area contributed by atoms with Gasteiger partial charge in [0.1, 0.15) is 6.04 Å². The molecule has 1 atom stereocenters. The normalized spacial score (nSPS) is 12.1. The Hall–Kier alpha value is -0.810. The van der Waals surface area contributed by atoms with Gasteiger partial charge in [-0.15, -0.1) is 0 Å². The van der Waals surface area contributed by atoms with Gasteiger partial charge in [-0.05, 0) is 12.5 Å². The summed E-state index contributed by atoms with van der Waals surface area (Å²) in [6, 6.07) is 1.36. The molecule has 0 amide bonds. The largest absolute Gasteiger partial charge is 0.312 e. The van der Waals surface area contributed by atoms with Crippen LogP contribution in [0.1, 0.15) is 6.92 Å². The molecular formula is C5H8N2. The van der Waals surface area contributed by atoms with E-state index in [9.17, 15) is 0 Å². The van der Waals surface area contributed by atoms with Crippen LogP contribution in [0.5, 0.6) is 0 Å². The minimum atomic E-state index is -0.486. The predicted molar refractivity (Wildman–Crippen MR) is 28.4 cm³/mol. The molecule has 7 heavy (non-hydrogen) atoms. The van der Waals surface area contributed by atoms with Crippen molar-refractivity contribution >= 4 is 0 Å². The molecule has 0 saturated carbocycles. The molecule has 0 spiro atoms. The first kappa shape index (κ1) is 6.19. The Morgan fingerprint density at radius 3 is 2.43 bits per heavy atom. The average Bonchev–Trinajstić information content (AvgIpc) is 1.65. The van der Waals surface area contributed by atoms with E-state index in [1.165, 1.54) is 0 Å². The highest BCUT2D eigenvalue weighted by atomic mass is 14.6. The molecular weight excluding hydrogens is 88.1 g/mol. The Labute approximate surface area is 43.2 Å². The first-order valence-electron chi connectivity index (χ1n) is 1.99. The summed E-state index contributed by atoms with van der Waals surface area (Å²) < 4.78 is 0. The van der Waals surface area contributed by atoms with Gasteiger partial charge in [0.15, 0.2) is 0 Å². The summed E-state index contributed by atoms with van der Waals surface area (Å²) in [5.41, 5.74) is 5.87. The molecule has 0 aromatic rings. The van der Waals surface area contributed by atoms with E-state index in [1.807, 2.05) is 6.07 Å². The molecule has 0 aromatic heterocycles. The van der Waals surface area contributed by atoms with Gasteiger partial charge in [0.25, 0.3) is 0 Å². The van der Waals surface area contributed by atoms with Gasteiger partial charge in [-0.2, -0.15) is 5.26 Å². The highest BCUT2D eigenvalue weighted by Crippen LogP contribution is 1.89. The van der Waals surface area contributed by atoms with Gasteiger partial charge in [-0.3, -0.25) is 0 Å². The highest BCUT2D eigenvalue weighted by molar-refractivity contribution is 5.11. The van der Waals surface area contributed by atoms with Crippen molar-refractivity contribution in [1.82, 2.24) is 0 Å². The summed E-state index contributed by atoms with van der Waals surface area (Å²) in [4.78, 5) is 0. The highest BCUT2D eigenvalue weighted by Gasteiger charge is 1.95. The molecule has 2 nitrogen and oxygen atoms in total. The Morgan fingerprint density at radius 1 is 2.00 bits per heavy atom. The van der Waals surface area contributed by atoms with Crippen LogP contribution in [0.4, 0.5) is 0 Å². The Kier molecular flexibility index (Phi) is 2.10. The number of nitrogens with zero attached hydrogens (tertiary/aromatic N) is 1. The van der Waals surface area contributed by atoms with Crippen LogP contribution < -0.4 is 5.73 Å². The molecule has 0 heterocycles. The fraction of sp³-hybridized carbons (Fsp3) is 0.400. The number of hydrogen-bond acceptors (Lipinski definition) is 2. The van der Waals surface area contributed by atoms with Crippen LogP contribution in [0.15, 0.2) is 12.2 Å². The Morgan fingerprint density at radius 2 is 2.43 bits per heavy atom. The molecule has 0 aliphatic heterocycles. The zero-order valence-corrected chi connectivity index (χ0v) is 4.31. The lowest BCUT2D eigenvalue weighted by atomic mass is 10.2. The predicted octanol–water partition coefficient (Wildman–Crippen LogP) is 0.413. The molecule has 2 heteroatoms. The van der Waals surface area contributed by atoms with Crippen molar-refractivity contribution in [2.45, 2.75) is 13.0 Å². The van der Waals surface area contributed by atoms with Crippen LogP contribution in [0.3, 0.4) is 0 Å². The number of hydrogen-bond donors (Lipinski definition) is 1. The van der Waals surface area contributed by atoms with Crippen molar-refractivity contribution in [1.29, 1.82) is 5.26 Å². The third-order valence-corrected chi connectivity index (χ3v) is 0.670. The van der Waals surface area contributed by atoms with E-state index in [0.29, 0.717) is 5.57 Å².